The highest BCUT2D eigenvalue weighted by molar-refractivity contribution is 9.10. The number of nitro benzene ring substituents is 1. The maximum Gasteiger partial charge on any atom is 0.272 e. The fourth-order valence-corrected chi connectivity index (χ4v) is 2.75. The quantitative estimate of drug-likeness (QED) is 0.506. The lowest BCUT2D eigenvalue weighted by atomic mass is 10.2. The molecule has 6 nitrogen and oxygen atoms in total. The molecule has 0 radical (unpaired) electrons. The van der Waals surface area contributed by atoms with E-state index in [1.807, 2.05) is 12.1 Å². The van der Waals surface area contributed by atoms with Crippen molar-refractivity contribution in [1.29, 1.82) is 0 Å². The monoisotopic (exact) mass is 362 g/mol. The molecule has 7 heteroatoms. The molecule has 0 saturated carbocycles. The SMILES string of the molecule is COc1ccc(-c2nc3cc([N+](=O)[O-])cc(C)c3o2)cc1Br. The van der Waals surface area contributed by atoms with Crippen LogP contribution < -0.4 is 4.74 Å². The molecule has 22 heavy (non-hydrogen) atoms. The van der Waals surface area contributed by atoms with Gasteiger partial charge in [-0.3, -0.25) is 10.1 Å². The van der Waals surface area contributed by atoms with Gasteiger partial charge < -0.3 is 9.15 Å². The van der Waals surface area contributed by atoms with Crippen LogP contribution in [0.2, 0.25) is 0 Å². The standard InChI is InChI=1S/C15H11BrN2O4/c1-8-5-10(18(19)20)7-12-14(8)22-15(17-12)9-3-4-13(21-2)11(16)6-9/h3-7H,1-2H3. The van der Waals surface area contributed by atoms with Crippen LogP contribution in [0.3, 0.4) is 0 Å². The minimum Gasteiger partial charge on any atom is -0.496 e. The van der Waals surface area contributed by atoms with Crippen LogP contribution in [-0.4, -0.2) is 17.0 Å². The van der Waals surface area contributed by atoms with Crippen molar-refractivity contribution in [3.05, 3.63) is 50.5 Å². The fourth-order valence-electron chi connectivity index (χ4n) is 2.21. The number of non-ortho nitro benzene ring substituents is 1. The lowest BCUT2D eigenvalue weighted by Crippen LogP contribution is -1.88. The third-order valence-corrected chi connectivity index (χ3v) is 3.89. The Labute approximate surface area is 134 Å². The lowest BCUT2D eigenvalue weighted by Gasteiger charge is -2.03. The molecule has 0 amide bonds. The van der Waals surface area contributed by atoms with Crippen molar-refractivity contribution >= 4 is 32.7 Å². The number of nitrogens with zero attached hydrogens (tertiary/aromatic N) is 2. The number of rotatable bonds is 3. The number of halogens is 1. The summed E-state index contributed by atoms with van der Waals surface area (Å²) < 4.78 is 11.7. The number of fused-ring (bicyclic) bond motifs is 1. The maximum atomic E-state index is 10.9. The zero-order valence-corrected chi connectivity index (χ0v) is 13.4. The van der Waals surface area contributed by atoms with Gasteiger partial charge in [-0.2, -0.15) is 0 Å². The van der Waals surface area contributed by atoms with Gasteiger partial charge in [-0.1, -0.05) is 0 Å². The van der Waals surface area contributed by atoms with E-state index in [9.17, 15) is 10.1 Å². The van der Waals surface area contributed by atoms with Gasteiger partial charge in [0.15, 0.2) is 5.58 Å². The molecule has 0 aliphatic carbocycles. The highest BCUT2D eigenvalue weighted by Gasteiger charge is 2.16. The zero-order chi connectivity index (χ0) is 15.9. The van der Waals surface area contributed by atoms with E-state index in [0.717, 1.165) is 10.0 Å². The van der Waals surface area contributed by atoms with Crippen LogP contribution in [0.15, 0.2) is 39.2 Å². The molecular formula is C15H11BrN2O4. The van der Waals surface area contributed by atoms with E-state index in [1.165, 1.54) is 12.1 Å². The van der Waals surface area contributed by atoms with Gasteiger partial charge in [-0.25, -0.2) is 4.98 Å². The second kappa shape index (κ2) is 5.42. The Bertz CT molecular complexity index is 889. The molecule has 3 rings (SSSR count). The highest BCUT2D eigenvalue weighted by Crippen LogP contribution is 2.33. The first kappa shape index (κ1) is 14.5. The van der Waals surface area contributed by atoms with Crippen molar-refractivity contribution in [2.75, 3.05) is 7.11 Å². The Morgan fingerprint density at radius 3 is 2.73 bits per heavy atom. The first-order valence-electron chi connectivity index (χ1n) is 6.39. The maximum absolute atomic E-state index is 10.9. The van der Waals surface area contributed by atoms with Gasteiger partial charge in [-0.15, -0.1) is 0 Å². The van der Waals surface area contributed by atoms with E-state index in [1.54, 1.807) is 20.1 Å². The van der Waals surface area contributed by atoms with Crippen LogP contribution in [0.4, 0.5) is 5.69 Å². The van der Waals surface area contributed by atoms with Crippen molar-refractivity contribution in [3.8, 4) is 17.2 Å². The van der Waals surface area contributed by atoms with Crippen LogP contribution >= 0.6 is 15.9 Å². The Balaban J connectivity index is 2.14. The number of hydrogen-bond donors (Lipinski definition) is 0. The predicted octanol–water partition coefficient (Wildman–Crippen LogP) is 4.48. The molecule has 0 aliphatic heterocycles. The van der Waals surface area contributed by atoms with Gasteiger partial charge in [-0.05, 0) is 41.1 Å². The van der Waals surface area contributed by atoms with Crippen molar-refractivity contribution in [2.24, 2.45) is 0 Å². The van der Waals surface area contributed by atoms with Gasteiger partial charge >= 0.3 is 0 Å². The van der Waals surface area contributed by atoms with Crippen LogP contribution in [0, 0.1) is 17.0 Å². The molecule has 0 fully saturated rings. The summed E-state index contributed by atoms with van der Waals surface area (Å²) >= 11 is 3.41. The molecule has 3 aromatic rings. The van der Waals surface area contributed by atoms with E-state index >= 15 is 0 Å². The second-order valence-electron chi connectivity index (χ2n) is 4.74. The lowest BCUT2D eigenvalue weighted by molar-refractivity contribution is -0.384. The third kappa shape index (κ3) is 2.43. The number of methoxy groups -OCH3 is 1. The minimum absolute atomic E-state index is 0.000705. The number of nitro groups is 1. The number of aromatic nitrogens is 1. The van der Waals surface area contributed by atoms with Crippen LogP contribution in [-0.2, 0) is 0 Å². The van der Waals surface area contributed by atoms with E-state index < -0.39 is 4.92 Å². The molecule has 112 valence electrons. The normalized spacial score (nSPS) is 10.9. The number of benzene rings is 2. The molecule has 1 heterocycles. The largest absolute Gasteiger partial charge is 0.496 e. The Kier molecular flexibility index (Phi) is 3.58. The molecular weight excluding hydrogens is 352 g/mol. The van der Waals surface area contributed by atoms with E-state index in [-0.39, 0.29) is 5.69 Å². The minimum atomic E-state index is -0.440. The van der Waals surface area contributed by atoms with Crippen LogP contribution in [0.5, 0.6) is 5.75 Å². The number of aryl methyl sites for hydroxylation is 1. The van der Waals surface area contributed by atoms with Gasteiger partial charge in [0.1, 0.15) is 11.3 Å². The summed E-state index contributed by atoms with van der Waals surface area (Å²) in [5, 5.41) is 10.9. The summed E-state index contributed by atoms with van der Waals surface area (Å²) in [4.78, 5) is 14.8. The summed E-state index contributed by atoms with van der Waals surface area (Å²) in [6, 6.07) is 8.32. The van der Waals surface area contributed by atoms with Gasteiger partial charge in [0.25, 0.3) is 5.69 Å². The summed E-state index contributed by atoms with van der Waals surface area (Å²) in [6.07, 6.45) is 0. The summed E-state index contributed by atoms with van der Waals surface area (Å²) in [5.41, 5.74) is 2.45. The number of hydrogen-bond acceptors (Lipinski definition) is 5. The topological polar surface area (TPSA) is 78.4 Å². The summed E-state index contributed by atoms with van der Waals surface area (Å²) in [7, 11) is 1.59. The first-order chi connectivity index (χ1) is 10.5. The van der Waals surface area contributed by atoms with Gasteiger partial charge in [0, 0.05) is 23.3 Å². The number of oxazole rings is 1. The number of ether oxygens (including phenoxy) is 1. The fraction of sp³-hybridized carbons (Fsp3) is 0.133. The van der Waals surface area contributed by atoms with Crippen molar-refractivity contribution < 1.29 is 14.1 Å². The Hall–Kier alpha value is -2.41. The molecule has 0 aliphatic rings. The molecule has 0 bridgehead atoms. The van der Waals surface area contributed by atoms with Crippen molar-refractivity contribution in [1.82, 2.24) is 4.98 Å². The predicted molar refractivity (Wildman–Crippen MR) is 85.1 cm³/mol. The van der Waals surface area contributed by atoms with E-state index in [2.05, 4.69) is 20.9 Å². The smallest absolute Gasteiger partial charge is 0.272 e. The van der Waals surface area contributed by atoms with E-state index in [4.69, 9.17) is 9.15 Å². The molecule has 0 saturated heterocycles. The van der Waals surface area contributed by atoms with Gasteiger partial charge in [0.05, 0.1) is 16.5 Å². The molecule has 0 N–H and O–H groups in total. The average Bonchev–Trinajstić information content (AvgIpc) is 2.91. The zero-order valence-electron chi connectivity index (χ0n) is 11.8. The Morgan fingerprint density at radius 1 is 1.32 bits per heavy atom. The van der Waals surface area contributed by atoms with Crippen LogP contribution in [0.1, 0.15) is 5.56 Å². The van der Waals surface area contributed by atoms with Crippen LogP contribution in [0.25, 0.3) is 22.6 Å². The first-order valence-corrected chi connectivity index (χ1v) is 7.18. The van der Waals surface area contributed by atoms with E-state index in [0.29, 0.717) is 28.3 Å². The second-order valence-corrected chi connectivity index (χ2v) is 5.59. The molecule has 0 atom stereocenters. The molecule has 0 spiro atoms. The van der Waals surface area contributed by atoms with Gasteiger partial charge in [0.2, 0.25) is 5.89 Å². The van der Waals surface area contributed by atoms with Crippen molar-refractivity contribution in [2.45, 2.75) is 6.92 Å². The highest BCUT2D eigenvalue weighted by atomic mass is 79.9. The molecule has 0 unspecified atom stereocenters. The molecule has 2 aromatic carbocycles. The summed E-state index contributed by atoms with van der Waals surface area (Å²) in [6.45, 7) is 1.76. The Morgan fingerprint density at radius 2 is 2.09 bits per heavy atom. The van der Waals surface area contributed by atoms with Crippen molar-refractivity contribution in [3.63, 3.8) is 0 Å². The third-order valence-electron chi connectivity index (χ3n) is 3.27. The molecule has 1 aromatic heterocycles. The summed E-state index contributed by atoms with van der Waals surface area (Å²) in [5.74, 6) is 1.11. The average molecular weight is 363 g/mol.